The fourth-order valence-corrected chi connectivity index (χ4v) is 2.47. The zero-order chi connectivity index (χ0) is 13.9. The Balaban J connectivity index is 2.45. The second kappa shape index (κ2) is 5.43. The van der Waals surface area contributed by atoms with Crippen LogP contribution < -0.4 is 4.74 Å². The number of benzene rings is 1. The Morgan fingerprint density at radius 1 is 1.37 bits per heavy atom. The summed E-state index contributed by atoms with van der Waals surface area (Å²) in [6, 6.07) is 6.09. The number of hydrogen-bond donors (Lipinski definition) is 0. The van der Waals surface area contributed by atoms with Crippen molar-refractivity contribution < 1.29 is 4.74 Å². The molecule has 0 fully saturated rings. The van der Waals surface area contributed by atoms with Gasteiger partial charge in [0.1, 0.15) is 5.75 Å². The van der Waals surface area contributed by atoms with E-state index < -0.39 is 0 Å². The van der Waals surface area contributed by atoms with Crippen molar-refractivity contribution in [2.45, 2.75) is 32.1 Å². The summed E-state index contributed by atoms with van der Waals surface area (Å²) >= 11 is 0. The highest BCUT2D eigenvalue weighted by atomic mass is 16.5. The predicted octanol–water partition coefficient (Wildman–Crippen LogP) is 4.58. The Bertz CT molecular complexity index is 538. The van der Waals surface area contributed by atoms with Gasteiger partial charge >= 0.3 is 0 Å². The summed E-state index contributed by atoms with van der Waals surface area (Å²) in [4.78, 5) is 4.57. The predicted molar refractivity (Wildman–Crippen MR) is 81.7 cm³/mol. The normalized spacial score (nSPS) is 19.9. The van der Waals surface area contributed by atoms with E-state index in [0.29, 0.717) is 0 Å². The first-order valence-electron chi connectivity index (χ1n) is 6.59. The zero-order valence-corrected chi connectivity index (χ0v) is 11.9. The Hall–Kier alpha value is -1.83. The van der Waals surface area contributed by atoms with Gasteiger partial charge in [0.25, 0.3) is 0 Å². The van der Waals surface area contributed by atoms with Gasteiger partial charge in [-0.05, 0) is 50.5 Å². The smallest absolute Gasteiger partial charge is 0.119 e. The molecule has 0 aliphatic carbocycles. The molecule has 0 saturated heterocycles. The molecule has 1 aliphatic heterocycles. The van der Waals surface area contributed by atoms with E-state index in [0.717, 1.165) is 24.3 Å². The van der Waals surface area contributed by atoms with E-state index in [4.69, 9.17) is 4.74 Å². The van der Waals surface area contributed by atoms with Gasteiger partial charge in [-0.3, -0.25) is 4.99 Å². The molecule has 0 radical (unpaired) electrons. The molecular formula is C17H21NO. The molecular weight excluding hydrogens is 234 g/mol. The first-order chi connectivity index (χ1) is 9.11. The zero-order valence-electron chi connectivity index (χ0n) is 11.9. The summed E-state index contributed by atoms with van der Waals surface area (Å²) in [7, 11) is 1.70. The molecule has 19 heavy (non-hydrogen) atoms. The Morgan fingerprint density at radius 3 is 2.79 bits per heavy atom. The molecule has 0 spiro atoms. The second-order valence-electron chi connectivity index (χ2n) is 5.28. The Labute approximate surface area is 115 Å². The molecule has 1 aliphatic rings. The lowest BCUT2D eigenvalue weighted by molar-refractivity contribution is 0.413. The summed E-state index contributed by atoms with van der Waals surface area (Å²) in [5, 5.41) is 0. The molecule has 1 heterocycles. The number of ether oxygens (including phenoxy) is 1. The second-order valence-corrected chi connectivity index (χ2v) is 5.28. The van der Waals surface area contributed by atoms with Gasteiger partial charge in [-0.1, -0.05) is 17.7 Å². The van der Waals surface area contributed by atoms with Gasteiger partial charge in [-0.2, -0.15) is 0 Å². The lowest BCUT2D eigenvalue weighted by atomic mass is 9.76. The van der Waals surface area contributed by atoms with Crippen molar-refractivity contribution in [2.24, 2.45) is 4.99 Å². The lowest BCUT2D eigenvalue weighted by Crippen LogP contribution is -2.24. The average Bonchev–Trinajstić information content (AvgIpc) is 2.76. The van der Waals surface area contributed by atoms with E-state index in [2.05, 4.69) is 43.8 Å². The van der Waals surface area contributed by atoms with Crippen LogP contribution in [-0.4, -0.2) is 13.3 Å². The third kappa shape index (κ3) is 2.62. The molecule has 0 N–H and O–H groups in total. The Kier molecular flexibility index (Phi) is 3.89. The first kappa shape index (κ1) is 13.6. The highest BCUT2D eigenvalue weighted by molar-refractivity contribution is 5.86. The van der Waals surface area contributed by atoms with Gasteiger partial charge in [0, 0.05) is 11.6 Å². The minimum Gasteiger partial charge on any atom is -0.497 e. The summed E-state index contributed by atoms with van der Waals surface area (Å²) < 4.78 is 5.34. The summed E-state index contributed by atoms with van der Waals surface area (Å²) in [6.07, 6.45) is 8.15. The monoisotopic (exact) mass is 255 g/mol. The first-order valence-corrected chi connectivity index (χ1v) is 6.59. The number of hydrogen-bond acceptors (Lipinski definition) is 2. The number of rotatable bonds is 5. The molecule has 0 amide bonds. The van der Waals surface area contributed by atoms with Crippen LogP contribution in [0.3, 0.4) is 0 Å². The van der Waals surface area contributed by atoms with Crippen molar-refractivity contribution in [3.05, 3.63) is 48.1 Å². The summed E-state index contributed by atoms with van der Waals surface area (Å²) in [5.74, 6) is 0.884. The van der Waals surface area contributed by atoms with E-state index in [9.17, 15) is 0 Å². The van der Waals surface area contributed by atoms with Gasteiger partial charge in [0.15, 0.2) is 0 Å². The van der Waals surface area contributed by atoms with Crippen LogP contribution in [0.25, 0.3) is 0 Å². The SMILES string of the molecule is C=CC[C@]1(CC=C(C)C)C=Nc2ccc(OC)cc21. The van der Waals surface area contributed by atoms with E-state index in [1.807, 2.05) is 18.2 Å². The number of aliphatic imine (C=N–C) groups is 1. The minimum atomic E-state index is -0.0666. The molecule has 2 rings (SSSR count). The Morgan fingerprint density at radius 2 is 2.16 bits per heavy atom. The van der Waals surface area contributed by atoms with E-state index >= 15 is 0 Å². The number of nitrogens with zero attached hydrogens (tertiary/aromatic N) is 1. The maximum Gasteiger partial charge on any atom is 0.119 e. The van der Waals surface area contributed by atoms with Crippen LogP contribution in [0.4, 0.5) is 5.69 Å². The number of methoxy groups -OCH3 is 1. The van der Waals surface area contributed by atoms with Crippen molar-refractivity contribution in [1.29, 1.82) is 0 Å². The third-order valence-electron chi connectivity index (χ3n) is 3.57. The van der Waals surface area contributed by atoms with Crippen LogP contribution in [0.2, 0.25) is 0 Å². The fraction of sp³-hybridized carbons (Fsp3) is 0.353. The molecule has 2 heteroatoms. The highest BCUT2D eigenvalue weighted by Crippen LogP contribution is 2.43. The van der Waals surface area contributed by atoms with Gasteiger partial charge < -0.3 is 4.74 Å². The standard InChI is InChI=1S/C17H21NO/c1-5-9-17(10-8-13(2)3)12-18-16-7-6-14(19-4)11-15(16)17/h5-8,11-12H,1,9-10H2,2-4H3/t17-/m0/s1. The van der Waals surface area contributed by atoms with Crippen molar-refractivity contribution >= 4 is 11.9 Å². The molecule has 1 aromatic carbocycles. The molecule has 0 aromatic heterocycles. The molecule has 0 bridgehead atoms. The highest BCUT2D eigenvalue weighted by Gasteiger charge is 2.34. The number of fused-ring (bicyclic) bond motifs is 1. The fourth-order valence-electron chi connectivity index (χ4n) is 2.47. The van der Waals surface area contributed by atoms with Gasteiger partial charge in [0.05, 0.1) is 12.8 Å². The van der Waals surface area contributed by atoms with Crippen molar-refractivity contribution in [3.63, 3.8) is 0 Å². The van der Waals surface area contributed by atoms with Gasteiger partial charge in [-0.15, -0.1) is 6.58 Å². The summed E-state index contributed by atoms with van der Waals surface area (Å²) in [6.45, 7) is 8.15. The molecule has 0 unspecified atom stereocenters. The maximum absolute atomic E-state index is 5.34. The average molecular weight is 255 g/mol. The van der Waals surface area contributed by atoms with Crippen LogP contribution in [0.5, 0.6) is 5.75 Å². The van der Waals surface area contributed by atoms with Crippen LogP contribution in [0.1, 0.15) is 32.3 Å². The van der Waals surface area contributed by atoms with E-state index in [-0.39, 0.29) is 5.41 Å². The number of allylic oxidation sites excluding steroid dienone is 3. The lowest BCUT2D eigenvalue weighted by Gasteiger charge is -2.25. The van der Waals surface area contributed by atoms with Crippen molar-refractivity contribution in [1.82, 2.24) is 0 Å². The minimum absolute atomic E-state index is 0.0666. The molecule has 1 aromatic rings. The molecule has 0 saturated carbocycles. The molecule has 1 atom stereocenters. The largest absolute Gasteiger partial charge is 0.497 e. The van der Waals surface area contributed by atoms with Gasteiger partial charge in [0.2, 0.25) is 0 Å². The van der Waals surface area contributed by atoms with Crippen LogP contribution in [0, 0.1) is 0 Å². The third-order valence-corrected chi connectivity index (χ3v) is 3.57. The summed E-state index contributed by atoms with van der Waals surface area (Å²) in [5.41, 5.74) is 3.55. The van der Waals surface area contributed by atoms with Crippen molar-refractivity contribution in [3.8, 4) is 5.75 Å². The maximum atomic E-state index is 5.34. The topological polar surface area (TPSA) is 21.6 Å². The van der Waals surface area contributed by atoms with Gasteiger partial charge in [-0.25, -0.2) is 0 Å². The van der Waals surface area contributed by atoms with E-state index in [1.54, 1.807) is 7.11 Å². The van der Waals surface area contributed by atoms with Crippen molar-refractivity contribution in [2.75, 3.05) is 7.11 Å². The van der Waals surface area contributed by atoms with Crippen LogP contribution in [0.15, 0.2) is 47.5 Å². The van der Waals surface area contributed by atoms with Crippen LogP contribution in [-0.2, 0) is 5.41 Å². The van der Waals surface area contributed by atoms with E-state index in [1.165, 1.54) is 11.1 Å². The molecule has 2 nitrogen and oxygen atoms in total. The quantitative estimate of drug-likeness (QED) is 0.706. The van der Waals surface area contributed by atoms with Crippen LogP contribution >= 0.6 is 0 Å². The molecule has 100 valence electrons.